The van der Waals surface area contributed by atoms with E-state index in [0.717, 1.165) is 33.8 Å². The summed E-state index contributed by atoms with van der Waals surface area (Å²) in [6.07, 6.45) is 2.25. The standard InChI is InChI=1S/C28H31F3N2O4S/c1-17-16-32-23-4-3-19(37-2)15-20(23)25(17)24(34)5-6-28(27(35)36)7-9-33(10-8-28)11-12-38-26-21(30)13-18(29)14-22(26)31/h3-4,13-16,24,34H,5-12H2,1-2H3,(H,35,36)/t24-/m0/s1. The maximum absolute atomic E-state index is 13.9. The molecule has 0 spiro atoms. The Balaban J connectivity index is 1.37. The number of rotatable bonds is 10. The van der Waals surface area contributed by atoms with Crippen LogP contribution in [-0.2, 0) is 4.79 Å². The number of methoxy groups -OCH3 is 1. The van der Waals surface area contributed by atoms with E-state index in [1.54, 1.807) is 19.4 Å². The highest BCUT2D eigenvalue weighted by Crippen LogP contribution is 2.40. The first-order chi connectivity index (χ1) is 18.1. The van der Waals surface area contributed by atoms with Gasteiger partial charge in [0.2, 0.25) is 0 Å². The molecule has 1 aromatic heterocycles. The minimum absolute atomic E-state index is 0.214. The van der Waals surface area contributed by atoms with Crippen molar-refractivity contribution >= 4 is 28.6 Å². The van der Waals surface area contributed by atoms with Gasteiger partial charge in [-0.05, 0) is 75.0 Å². The third-order valence-electron chi connectivity index (χ3n) is 7.43. The lowest BCUT2D eigenvalue weighted by Gasteiger charge is -2.39. The van der Waals surface area contributed by atoms with Gasteiger partial charge in [0.15, 0.2) is 0 Å². The topological polar surface area (TPSA) is 82.9 Å². The number of hydrogen-bond acceptors (Lipinski definition) is 6. The maximum atomic E-state index is 13.9. The Morgan fingerprint density at radius 2 is 1.87 bits per heavy atom. The van der Waals surface area contributed by atoms with Gasteiger partial charge in [-0.1, -0.05) is 0 Å². The summed E-state index contributed by atoms with van der Waals surface area (Å²) in [6, 6.07) is 6.79. The zero-order valence-electron chi connectivity index (χ0n) is 21.3. The molecule has 0 unspecified atom stereocenters. The first kappa shape index (κ1) is 28.2. The second kappa shape index (κ2) is 11.9. The van der Waals surface area contributed by atoms with Crippen LogP contribution in [0.15, 0.2) is 41.4 Å². The minimum Gasteiger partial charge on any atom is -0.497 e. The number of aliphatic hydroxyl groups is 1. The molecule has 3 aromatic rings. The molecule has 1 atom stereocenters. The number of halogens is 3. The van der Waals surface area contributed by atoms with Gasteiger partial charge in [-0.3, -0.25) is 9.78 Å². The molecule has 6 nitrogen and oxygen atoms in total. The molecule has 0 aliphatic carbocycles. The molecule has 1 saturated heterocycles. The van der Waals surface area contributed by atoms with Gasteiger partial charge >= 0.3 is 5.97 Å². The summed E-state index contributed by atoms with van der Waals surface area (Å²) in [6.45, 7) is 3.43. The Bertz CT molecular complexity index is 1290. The second-order valence-electron chi connectivity index (χ2n) is 9.77. The van der Waals surface area contributed by atoms with Gasteiger partial charge in [-0.2, -0.15) is 0 Å². The largest absolute Gasteiger partial charge is 0.497 e. The van der Waals surface area contributed by atoms with E-state index in [4.69, 9.17) is 4.74 Å². The summed E-state index contributed by atoms with van der Waals surface area (Å²) in [5.41, 5.74) is 1.31. The van der Waals surface area contributed by atoms with E-state index >= 15 is 0 Å². The molecule has 2 aromatic carbocycles. The molecule has 10 heteroatoms. The van der Waals surface area contributed by atoms with Crippen LogP contribution in [0.3, 0.4) is 0 Å². The predicted molar refractivity (Wildman–Crippen MR) is 140 cm³/mol. The number of hydrogen-bond donors (Lipinski definition) is 2. The van der Waals surface area contributed by atoms with Crippen molar-refractivity contribution in [2.24, 2.45) is 5.41 Å². The van der Waals surface area contributed by atoms with E-state index in [9.17, 15) is 28.2 Å². The number of nitrogens with zero attached hydrogens (tertiary/aromatic N) is 2. The molecular weight excluding hydrogens is 517 g/mol. The smallest absolute Gasteiger partial charge is 0.309 e. The number of thioether (sulfide) groups is 1. The number of aliphatic carboxylic acids is 1. The van der Waals surface area contributed by atoms with Crippen molar-refractivity contribution in [1.29, 1.82) is 0 Å². The molecule has 4 rings (SSSR count). The molecule has 1 fully saturated rings. The fourth-order valence-corrected chi connectivity index (χ4v) is 6.08. The summed E-state index contributed by atoms with van der Waals surface area (Å²) in [4.78, 5) is 18.6. The summed E-state index contributed by atoms with van der Waals surface area (Å²) in [7, 11) is 1.57. The lowest BCUT2D eigenvalue weighted by atomic mass is 9.74. The Labute approximate surface area is 223 Å². The molecule has 0 radical (unpaired) electrons. The first-order valence-corrected chi connectivity index (χ1v) is 13.5. The van der Waals surface area contributed by atoms with Gasteiger partial charge in [-0.25, -0.2) is 13.2 Å². The molecule has 0 saturated carbocycles. The molecule has 0 bridgehead atoms. The van der Waals surface area contributed by atoms with Crippen molar-refractivity contribution in [3.63, 3.8) is 0 Å². The van der Waals surface area contributed by atoms with E-state index in [2.05, 4.69) is 9.88 Å². The lowest BCUT2D eigenvalue weighted by molar-refractivity contribution is -0.153. The number of aliphatic hydroxyl groups excluding tert-OH is 1. The van der Waals surface area contributed by atoms with Crippen molar-refractivity contribution in [3.05, 3.63) is 65.1 Å². The van der Waals surface area contributed by atoms with Crippen LogP contribution in [-0.4, -0.2) is 58.6 Å². The van der Waals surface area contributed by atoms with Gasteiger partial charge in [0.1, 0.15) is 23.2 Å². The van der Waals surface area contributed by atoms with E-state index < -0.39 is 34.9 Å². The van der Waals surface area contributed by atoms with Crippen molar-refractivity contribution in [1.82, 2.24) is 9.88 Å². The highest BCUT2D eigenvalue weighted by Gasteiger charge is 2.41. The van der Waals surface area contributed by atoms with Crippen molar-refractivity contribution < 1.29 is 32.9 Å². The average molecular weight is 549 g/mol. The lowest BCUT2D eigenvalue weighted by Crippen LogP contribution is -2.45. The summed E-state index contributed by atoms with van der Waals surface area (Å²) in [5, 5.41) is 22.1. The number of aromatic nitrogens is 1. The van der Waals surface area contributed by atoms with Gasteiger partial charge in [-0.15, -0.1) is 11.8 Å². The van der Waals surface area contributed by atoms with E-state index in [0.29, 0.717) is 62.5 Å². The van der Waals surface area contributed by atoms with Crippen LogP contribution in [0.25, 0.3) is 10.9 Å². The Kier molecular flexibility index (Phi) is 8.85. The van der Waals surface area contributed by atoms with Crippen LogP contribution in [0, 0.1) is 29.8 Å². The molecule has 1 aliphatic heterocycles. The Hall–Kier alpha value is -2.82. The van der Waals surface area contributed by atoms with Crippen LogP contribution in [0.1, 0.15) is 42.9 Å². The monoisotopic (exact) mass is 548 g/mol. The molecule has 2 heterocycles. The number of likely N-dealkylation sites (tertiary alicyclic amines) is 1. The van der Waals surface area contributed by atoms with Gasteiger partial charge in [0.25, 0.3) is 0 Å². The van der Waals surface area contributed by atoms with Crippen LogP contribution >= 0.6 is 11.8 Å². The number of carboxylic acids is 1. The average Bonchev–Trinajstić information content (AvgIpc) is 2.89. The molecule has 204 valence electrons. The van der Waals surface area contributed by atoms with Gasteiger partial charge in [0.05, 0.1) is 29.0 Å². The molecule has 0 amide bonds. The van der Waals surface area contributed by atoms with E-state index in [1.165, 1.54) is 0 Å². The summed E-state index contributed by atoms with van der Waals surface area (Å²) < 4.78 is 46.2. The summed E-state index contributed by atoms with van der Waals surface area (Å²) in [5.74, 6) is -2.66. The highest BCUT2D eigenvalue weighted by molar-refractivity contribution is 7.99. The van der Waals surface area contributed by atoms with Gasteiger partial charge < -0.3 is 19.8 Å². The Morgan fingerprint density at radius 1 is 1.18 bits per heavy atom. The number of aryl methyl sites for hydroxylation is 1. The molecule has 2 N–H and O–H groups in total. The van der Waals surface area contributed by atoms with E-state index in [1.807, 2.05) is 19.1 Å². The third kappa shape index (κ3) is 6.08. The maximum Gasteiger partial charge on any atom is 0.309 e. The number of pyridine rings is 1. The van der Waals surface area contributed by atoms with Crippen LogP contribution < -0.4 is 4.74 Å². The highest BCUT2D eigenvalue weighted by atomic mass is 32.2. The minimum atomic E-state index is -0.964. The number of fused-ring (bicyclic) bond motifs is 1. The first-order valence-electron chi connectivity index (χ1n) is 12.5. The van der Waals surface area contributed by atoms with Crippen molar-refractivity contribution in [2.75, 3.05) is 32.5 Å². The van der Waals surface area contributed by atoms with Crippen LogP contribution in [0.4, 0.5) is 13.2 Å². The molecule has 38 heavy (non-hydrogen) atoms. The Morgan fingerprint density at radius 3 is 2.50 bits per heavy atom. The summed E-state index contributed by atoms with van der Waals surface area (Å²) >= 11 is 0.977. The predicted octanol–water partition coefficient (Wildman–Crippen LogP) is 5.74. The number of ether oxygens (including phenoxy) is 1. The fraction of sp³-hybridized carbons (Fsp3) is 0.429. The number of carboxylic acid groups (broad SMARTS) is 1. The normalized spacial score (nSPS) is 16.5. The molecular formula is C28H31F3N2O4S. The SMILES string of the molecule is COc1ccc2ncc(C)c([C@@H](O)CCC3(C(=O)O)CCN(CCSc4c(F)cc(F)cc4F)CC3)c2c1. The number of piperidine rings is 1. The second-order valence-corrected chi connectivity index (χ2v) is 10.9. The number of carbonyl (C=O) groups is 1. The zero-order chi connectivity index (χ0) is 27.4. The van der Waals surface area contributed by atoms with Crippen molar-refractivity contribution in [2.45, 2.75) is 43.6 Å². The quantitative estimate of drug-likeness (QED) is 0.313. The molecule has 1 aliphatic rings. The fourth-order valence-electron chi connectivity index (χ4n) is 5.14. The van der Waals surface area contributed by atoms with Crippen LogP contribution in [0.5, 0.6) is 5.75 Å². The third-order valence-corrected chi connectivity index (χ3v) is 8.49. The van der Waals surface area contributed by atoms with Gasteiger partial charge in [0, 0.05) is 36.0 Å². The number of benzene rings is 2. The van der Waals surface area contributed by atoms with Crippen LogP contribution in [0.2, 0.25) is 0 Å². The van der Waals surface area contributed by atoms with Crippen molar-refractivity contribution in [3.8, 4) is 5.75 Å². The zero-order valence-corrected chi connectivity index (χ0v) is 22.2. The van der Waals surface area contributed by atoms with E-state index in [-0.39, 0.29) is 11.3 Å².